The summed E-state index contributed by atoms with van der Waals surface area (Å²) < 4.78 is 0. The van der Waals surface area contributed by atoms with E-state index in [1.165, 1.54) is 6.20 Å². The van der Waals surface area contributed by atoms with E-state index < -0.39 is 0 Å². The summed E-state index contributed by atoms with van der Waals surface area (Å²) in [6, 6.07) is 11.5. The Bertz CT molecular complexity index is 497. The quantitative estimate of drug-likeness (QED) is 0.449. The van der Waals surface area contributed by atoms with Crippen LogP contribution in [-0.4, -0.2) is 10.9 Å². The molecule has 0 atom stereocenters. The highest BCUT2D eigenvalue weighted by Gasteiger charge is 2.05. The lowest BCUT2D eigenvalue weighted by Crippen LogP contribution is -2.30. The molecule has 0 radical (unpaired) electrons. The number of benzene rings is 1. The summed E-state index contributed by atoms with van der Waals surface area (Å²) in [5.74, 6) is 4.72. The maximum absolute atomic E-state index is 11.3. The number of nitrogens with zero attached hydrogens (tertiary/aromatic N) is 1. The molecule has 3 N–H and O–H groups in total. The zero-order valence-electron chi connectivity index (χ0n) is 8.55. The van der Waals surface area contributed by atoms with E-state index in [1.807, 2.05) is 30.3 Å². The third-order valence-corrected chi connectivity index (χ3v) is 2.24. The number of rotatable bonds is 2. The number of amides is 1. The average molecular weight is 213 g/mol. The SMILES string of the molecule is NNC(=O)c1cncc(-c2ccccc2)c1. The van der Waals surface area contributed by atoms with Gasteiger partial charge < -0.3 is 0 Å². The minimum absolute atomic E-state index is 0.342. The Balaban J connectivity index is 2.40. The number of carbonyl (C=O) groups is 1. The lowest BCUT2D eigenvalue weighted by atomic mass is 10.1. The molecule has 1 heterocycles. The van der Waals surface area contributed by atoms with Crippen LogP contribution >= 0.6 is 0 Å². The molecule has 4 nitrogen and oxygen atoms in total. The molecule has 0 aliphatic carbocycles. The molecule has 0 fully saturated rings. The van der Waals surface area contributed by atoms with E-state index in [9.17, 15) is 4.79 Å². The molecule has 0 saturated carbocycles. The van der Waals surface area contributed by atoms with Crippen molar-refractivity contribution < 1.29 is 4.79 Å². The van der Waals surface area contributed by atoms with Gasteiger partial charge >= 0.3 is 0 Å². The summed E-state index contributed by atoms with van der Waals surface area (Å²) in [5, 5.41) is 0. The molecule has 1 aromatic carbocycles. The van der Waals surface area contributed by atoms with Crippen LogP contribution in [0.3, 0.4) is 0 Å². The Labute approximate surface area is 93.1 Å². The standard InChI is InChI=1S/C12H11N3O/c13-15-12(16)11-6-10(7-14-8-11)9-4-2-1-3-5-9/h1-8H,13H2,(H,15,16). The number of aromatic nitrogens is 1. The second-order valence-electron chi connectivity index (χ2n) is 3.30. The largest absolute Gasteiger partial charge is 0.290 e. The topological polar surface area (TPSA) is 68.0 Å². The van der Waals surface area contributed by atoms with Gasteiger partial charge in [0.15, 0.2) is 0 Å². The normalized spacial score (nSPS) is 9.81. The van der Waals surface area contributed by atoms with E-state index in [4.69, 9.17) is 5.84 Å². The van der Waals surface area contributed by atoms with Crippen LogP contribution < -0.4 is 11.3 Å². The Morgan fingerprint density at radius 3 is 2.56 bits per heavy atom. The van der Waals surface area contributed by atoms with Crippen molar-refractivity contribution in [1.29, 1.82) is 0 Å². The molecule has 2 aromatic rings. The number of nitrogens with one attached hydrogen (secondary N) is 1. The highest BCUT2D eigenvalue weighted by atomic mass is 16.2. The predicted molar refractivity (Wildman–Crippen MR) is 61.3 cm³/mol. The molecule has 0 bridgehead atoms. The number of hydrazine groups is 1. The Morgan fingerprint density at radius 2 is 1.88 bits per heavy atom. The van der Waals surface area contributed by atoms with Gasteiger partial charge in [-0.1, -0.05) is 30.3 Å². The van der Waals surface area contributed by atoms with Gasteiger partial charge in [-0.25, -0.2) is 5.84 Å². The monoisotopic (exact) mass is 213 g/mol. The third kappa shape index (κ3) is 2.07. The van der Waals surface area contributed by atoms with Crippen molar-refractivity contribution in [3.05, 3.63) is 54.4 Å². The first-order chi connectivity index (χ1) is 7.81. The number of hydrogen-bond acceptors (Lipinski definition) is 3. The molecule has 80 valence electrons. The molecule has 1 amide bonds. The smallest absolute Gasteiger partial charge is 0.266 e. The van der Waals surface area contributed by atoms with E-state index in [0.717, 1.165) is 11.1 Å². The van der Waals surface area contributed by atoms with Crippen molar-refractivity contribution in [2.24, 2.45) is 5.84 Å². The lowest BCUT2D eigenvalue weighted by Gasteiger charge is -2.03. The van der Waals surface area contributed by atoms with Gasteiger partial charge in [0, 0.05) is 18.0 Å². The first kappa shape index (κ1) is 10.3. The summed E-state index contributed by atoms with van der Waals surface area (Å²) >= 11 is 0. The number of nitrogens with two attached hydrogens (primary N) is 1. The number of carbonyl (C=O) groups excluding carboxylic acids is 1. The maximum Gasteiger partial charge on any atom is 0.266 e. The van der Waals surface area contributed by atoms with Crippen LogP contribution in [0.1, 0.15) is 10.4 Å². The molecule has 4 heteroatoms. The first-order valence-electron chi connectivity index (χ1n) is 4.82. The van der Waals surface area contributed by atoms with Gasteiger partial charge in [-0.2, -0.15) is 0 Å². The Kier molecular flexibility index (Phi) is 2.93. The summed E-state index contributed by atoms with van der Waals surface area (Å²) in [6.07, 6.45) is 3.19. The van der Waals surface area contributed by atoms with Gasteiger partial charge in [-0.15, -0.1) is 0 Å². The van der Waals surface area contributed by atoms with Crippen LogP contribution in [0.25, 0.3) is 11.1 Å². The van der Waals surface area contributed by atoms with Crippen LogP contribution in [0, 0.1) is 0 Å². The second kappa shape index (κ2) is 4.55. The van der Waals surface area contributed by atoms with Crippen molar-refractivity contribution in [3.63, 3.8) is 0 Å². The molecule has 0 spiro atoms. The minimum Gasteiger partial charge on any atom is -0.290 e. The predicted octanol–water partition coefficient (Wildman–Crippen LogP) is 1.35. The number of nitrogen functional groups attached to an aromatic ring is 1. The molecule has 0 unspecified atom stereocenters. The molecular weight excluding hydrogens is 202 g/mol. The molecule has 0 aliphatic heterocycles. The zero-order chi connectivity index (χ0) is 11.4. The summed E-state index contributed by atoms with van der Waals surface area (Å²) in [6.45, 7) is 0. The van der Waals surface area contributed by atoms with Gasteiger partial charge in [0.2, 0.25) is 0 Å². The van der Waals surface area contributed by atoms with Gasteiger partial charge in [-0.3, -0.25) is 15.2 Å². The zero-order valence-corrected chi connectivity index (χ0v) is 8.55. The van der Waals surface area contributed by atoms with Crippen molar-refractivity contribution in [1.82, 2.24) is 10.4 Å². The van der Waals surface area contributed by atoms with E-state index >= 15 is 0 Å². The molecule has 0 saturated heterocycles. The van der Waals surface area contributed by atoms with Crippen molar-refractivity contribution in [2.45, 2.75) is 0 Å². The lowest BCUT2D eigenvalue weighted by molar-refractivity contribution is 0.0953. The third-order valence-electron chi connectivity index (χ3n) is 2.24. The van der Waals surface area contributed by atoms with Crippen molar-refractivity contribution >= 4 is 5.91 Å². The van der Waals surface area contributed by atoms with Crippen LogP contribution in [0.5, 0.6) is 0 Å². The van der Waals surface area contributed by atoms with Crippen molar-refractivity contribution in [2.75, 3.05) is 0 Å². The first-order valence-corrected chi connectivity index (χ1v) is 4.82. The van der Waals surface area contributed by atoms with E-state index in [2.05, 4.69) is 10.4 Å². The summed E-state index contributed by atoms with van der Waals surface area (Å²) in [7, 11) is 0. The summed E-state index contributed by atoms with van der Waals surface area (Å²) in [4.78, 5) is 15.3. The van der Waals surface area contributed by atoms with Crippen LogP contribution in [0.2, 0.25) is 0 Å². The Morgan fingerprint density at radius 1 is 1.12 bits per heavy atom. The molecule has 2 rings (SSSR count). The molecule has 1 aromatic heterocycles. The van der Waals surface area contributed by atoms with Crippen LogP contribution in [0.4, 0.5) is 0 Å². The fraction of sp³-hybridized carbons (Fsp3) is 0. The average Bonchev–Trinajstić information content (AvgIpc) is 2.39. The van der Waals surface area contributed by atoms with Crippen LogP contribution in [-0.2, 0) is 0 Å². The maximum atomic E-state index is 11.3. The van der Waals surface area contributed by atoms with E-state index in [1.54, 1.807) is 12.3 Å². The Hall–Kier alpha value is -2.20. The number of hydrogen-bond donors (Lipinski definition) is 2. The highest BCUT2D eigenvalue weighted by Crippen LogP contribution is 2.18. The van der Waals surface area contributed by atoms with Crippen LogP contribution in [0.15, 0.2) is 48.8 Å². The minimum atomic E-state index is -0.342. The van der Waals surface area contributed by atoms with Gasteiger partial charge in [0.1, 0.15) is 0 Å². The van der Waals surface area contributed by atoms with E-state index in [0.29, 0.717) is 5.56 Å². The van der Waals surface area contributed by atoms with Gasteiger partial charge in [0.25, 0.3) is 5.91 Å². The second-order valence-corrected chi connectivity index (χ2v) is 3.30. The molecular formula is C12H11N3O. The van der Waals surface area contributed by atoms with E-state index in [-0.39, 0.29) is 5.91 Å². The molecule has 0 aliphatic rings. The molecule has 16 heavy (non-hydrogen) atoms. The van der Waals surface area contributed by atoms with Gasteiger partial charge in [-0.05, 0) is 11.6 Å². The number of pyridine rings is 1. The van der Waals surface area contributed by atoms with Crippen molar-refractivity contribution in [3.8, 4) is 11.1 Å². The fourth-order valence-electron chi connectivity index (χ4n) is 1.44. The highest BCUT2D eigenvalue weighted by molar-refractivity contribution is 5.94. The summed E-state index contributed by atoms with van der Waals surface area (Å²) in [5.41, 5.74) is 4.43. The van der Waals surface area contributed by atoms with Gasteiger partial charge in [0.05, 0.1) is 5.56 Å². The fourth-order valence-corrected chi connectivity index (χ4v) is 1.44.